The summed E-state index contributed by atoms with van der Waals surface area (Å²) in [5, 5.41) is 2.16. The lowest BCUT2D eigenvalue weighted by atomic mass is 9.91. The van der Waals surface area contributed by atoms with E-state index in [1.54, 1.807) is 5.29 Å². The van der Waals surface area contributed by atoms with Crippen LogP contribution in [0.1, 0.15) is 58.9 Å². The highest BCUT2D eigenvalue weighted by Crippen LogP contribution is 2.70. The van der Waals surface area contributed by atoms with Gasteiger partial charge in [0.1, 0.15) is 25.3 Å². The molecule has 2 heteroatoms. The Morgan fingerprint density at radius 3 is 2.48 bits per heavy atom. The summed E-state index contributed by atoms with van der Waals surface area (Å²) >= 11 is 0. The molecule has 0 radical (unpaired) electrons. The van der Waals surface area contributed by atoms with Gasteiger partial charge >= 0.3 is 0 Å². The Morgan fingerprint density at radius 2 is 1.81 bits per heavy atom. The van der Waals surface area contributed by atoms with Crippen molar-refractivity contribution >= 4 is 20.1 Å². The fraction of sp³-hybridized carbons (Fsp3) is 0.632. The van der Waals surface area contributed by atoms with Gasteiger partial charge in [0.2, 0.25) is 0 Å². The first kappa shape index (κ1) is 17.2. The maximum atomic E-state index is 2.58. The molecule has 1 saturated heterocycles. The van der Waals surface area contributed by atoms with Gasteiger partial charge in [0, 0.05) is 24.6 Å². The molecule has 1 fully saturated rings. The van der Waals surface area contributed by atoms with Gasteiger partial charge < -0.3 is 0 Å². The van der Waals surface area contributed by atoms with Crippen molar-refractivity contribution in [2.75, 3.05) is 12.8 Å². The van der Waals surface area contributed by atoms with E-state index < -0.39 is 0 Å². The van der Waals surface area contributed by atoms with E-state index in [0.29, 0.717) is 5.16 Å². The third-order valence-corrected chi connectivity index (χ3v) is 14.4. The normalized spacial score (nSPS) is 29.2. The fourth-order valence-corrected chi connectivity index (χ4v) is 13.8. The first-order valence-electron chi connectivity index (χ1n) is 8.35. The smallest absolute Gasteiger partial charge is 0.0622 e. The quantitative estimate of drug-likeness (QED) is 0.503. The van der Waals surface area contributed by atoms with Crippen LogP contribution in [0.2, 0.25) is 0 Å². The lowest BCUT2D eigenvalue weighted by Crippen LogP contribution is -2.26. The molecule has 116 valence electrons. The van der Waals surface area contributed by atoms with Crippen molar-refractivity contribution in [1.29, 1.82) is 0 Å². The van der Waals surface area contributed by atoms with Crippen LogP contribution < -0.4 is 0 Å². The monoisotopic (exact) mass is 321 g/mol. The topological polar surface area (TPSA) is 0 Å². The molecular formula is C19H31P2+. The fourth-order valence-electron chi connectivity index (χ4n) is 3.56. The number of benzene rings is 1. The number of hydrogen-bond donors (Lipinski definition) is 0. The van der Waals surface area contributed by atoms with Crippen LogP contribution in [0, 0.1) is 5.92 Å². The SMILES string of the molecule is CC(c1ccccc1)=[P+]1P(C)CCCCCC(C)C1(C)C. The van der Waals surface area contributed by atoms with Gasteiger partial charge in [-0.3, -0.25) is 0 Å². The summed E-state index contributed by atoms with van der Waals surface area (Å²) < 4.78 is 0. The van der Waals surface area contributed by atoms with Crippen LogP contribution in [0.4, 0.5) is 0 Å². The number of rotatable bonds is 1. The lowest BCUT2D eigenvalue weighted by Gasteiger charge is -2.29. The minimum atomic E-state index is -0.0323. The van der Waals surface area contributed by atoms with Crippen molar-refractivity contribution in [2.24, 2.45) is 5.92 Å². The van der Waals surface area contributed by atoms with Crippen LogP contribution in [0.15, 0.2) is 30.3 Å². The van der Waals surface area contributed by atoms with E-state index in [0.717, 1.165) is 5.92 Å². The largest absolute Gasteiger partial charge is 0.127 e. The van der Waals surface area contributed by atoms with E-state index in [1.165, 1.54) is 37.4 Å². The van der Waals surface area contributed by atoms with Gasteiger partial charge in [-0.05, 0) is 33.4 Å². The third-order valence-electron chi connectivity index (χ3n) is 5.22. The van der Waals surface area contributed by atoms with E-state index in [1.807, 2.05) is 0 Å². The average molecular weight is 321 g/mol. The summed E-state index contributed by atoms with van der Waals surface area (Å²) in [6, 6.07) is 11.1. The van der Waals surface area contributed by atoms with Crippen molar-refractivity contribution in [3.8, 4) is 0 Å². The Hall–Kier alpha value is -0.180. The molecule has 0 nitrogen and oxygen atoms in total. The molecular weight excluding hydrogens is 290 g/mol. The Bertz CT molecular complexity index is 488. The molecule has 0 aliphatic carbocycles. The molecule has 0 bridgehead atoms. The molecule has 3 unspecified atom stereocenters. The summed E-state index contributed by atoms with van der Waals surface area (Å²) in [6.07, 6.45) is 7.21. The highest BCUT2D eigenvalue weighted by molar-refractivity contribution is 8.29. The Morgan fingerprint density at radius 1 is 1.14 bits per heavy atom. The second kappa shape index (κ2) is 7.39. The van der Waals surface area contributed by atoms with Crippen LogP contribution in [0.25, 0.3) is 0 Å². The number of hydrogen-bond acceptors (Lipinski definition) is 0. The van der Waals surface area contributed by atoms with Gasteiger partial charge in [0.25, 0.3) is 0 Å². The Labute approximate surface area is 133 Å². The van der Waals surface area contributed by atoms with Crippen LogP contribution in [0.3, 0.4) is 0 Å². The standard InChI is InChI=1S/C19H31P2/c1-16-12-8-7-11-15-20(5)21(19(16,3)4)17(2)18-13-9-6-10-14-18/h6,9-10,13-14,16H,7-8,11-12,15H2,1-5H3/q+1. The summed E-state index contributed by atoms with van der Waals surface area (Å²) in [5.74, 6) is 0.838. The van der Waals surface area contributed by atoms with E-state index in [2.05, 4.69) is 64.7 Å². The predicted octanol–water partition coefficient (Wildman–Crippen LogP) is 6.72. The maximum Gasteiger partial charge on any atom is 0.127 e. The maximum absolute atomic E-state index is 2.58. The Balaban J connectivity index is 2.51. The summed E-state index contributed by atoms with van der Waals surface area (Å²) in [7, 11) is 0.102. The van der Waals surface area contributed by atoms with Crippen molar-refractivity contribution in [3.05, 3.63) is 35.9 Å². The minimum Gasteiger partial charge on any atom is -0.0622 e. The molecule has 1 aliphatic heterocycles. The van der Waals surface area contributed by atoms with Crippen molar-refractivity contribution < 1.29 is 0 Å². The zero-order valence-electron chi connectivity index (χ0n) is 14.4. The molecule has 21 heavy (non-hydrogen) atoms. The third kappa shape index (κ3) is 3.97. The molecule has 1 aromatic rings. The molecule has 2 rings (SSSR count). The molecule has 0 N–H and O–H groups in total. The molecule has 0 amide bonds. The first-order chi connectivity index (χ1) is 9.94. The van der Waals surface area contributed by atoms with Crippen molar-refractivity contribution in [3.63, 3.8) is 0 Å². The predicted molar refractivity (Wildman–Crippen MR) is 103 cm³/mol. The zero-order valence-corrected chi connectivity index (χ0v) is 16.2. The summed E-state index contributed by atoms with van der Waals surface area (Å²) in [4.78, 5) is 0. The second-order valence-corrected chi connectivity index (χ2v) is 14.5. The highest BCUT2D eigenvalue weighted by Gasteiger charge is 2.44. The zero-order chi connectivity index (χ0) is 15.5. The molecule has 3 atom stereocenters. The molecule has 1 aromatic carbocycles. The van der Waals surface area contributed by atoms with Crippen LogP contribution in [-0.4, -0.2) is 23.3 Å². The second-order valence-electron chi connectivity index (χ2n) is 7.05. The molecule has 0 saturated carbocycles. The van der Waals surface area contributed by atoms with Gasteiger partial charge in [-0.1, -0.05) is 50.1 Å². The molecule has 1 heterocycles. The van der Waals surface area contributed by atoms with E-state index >= 15 is 0 Å². The van der Waals surface area contributed by atoms with Crippen molar-refractivity contribution in [2.45, 2.75) is 58.5 Å². The van der Waals surface area contributed by atoms with E-state index in [4.69, 9.17) is 0 Å². The molecule has 0 spiro atoms. The minimum absolute atomic E-state index is 0.0323. The van der Waals surface area contributed by atoms with Gasteiger partial charge in [-0.25, -0.2) is 0 Å². The first-order valence-corrected chi connectivity index (χ1v) is 12.4. The van der Waals surface area contributed by atoms with E-state index in [-0.39, 0.29) is 14.8 Å². The van der Waals surface area contributed by atoms with Gasteiger partial charge in [-0.15, -0.1) is 0 Å². The average Bonchev–Trinajstić information content (AvgIpc) is 2.50. The van der Waals surface area contributed by atoms with Crippen molar-refractivity contribution in [1.82, 2.24) is 0 Å². The van der Waals surface area contributed by atoms with Gasteiger partial charge in [-0.2, -0.15) is 0 Å². The van der Waals surface area contributed by atoms with E-state index in [9.17, 15) is 0 Å². The Kier molecular flexibility index (Phi) is 6.05. The molecule has 0 aromatic heterocycles. The van der Waals surface area contributed by atoms with Crippen LogP contribution in [0.5, 0.6) is 0 Å². The summed E-state index contributed by atoms with van der Waals surface area (Å²) in [6.45, 7) is 12.6. The highest BCUT2D eigenvalue weighted by atomic mass is 32.1. The lowest BCUT2D eigenvalue weighted by molar-refractivity contribution is 0.411. The summed E-state index contributed by atoms with van der Waals surface area (Å²) in [5.41, 5.74) is 1.48. The van der Waals surface area contributed by atoms with Gasteiger partial charge in [0.05, 0.1) is 0 Å². The molecule has 1 aliphatic rings. The van der Waals surface area contributed by atoms with Crippen LogP contribution >= 0.6 is 14.8 Å². The van der Waals surface area contributed by atoms with Gasteiger partial charge in [0.15, 0.2) is 0 Å². The van der Waals surface area contributed by atoms with Crippen LogP contribution in [-0.2, 0) is 0 Å².